The van der Waals surface area contributed by atoms with Gasteiger partial charge in [-0.2, -0.15) is 4.31 Å². The van der Waals surface area contributed by atoms with Gasteiger partial charge in [0.25, 0.3) is 10.0 Å². The second-order valence-electron chi connectivity index (χ2n) is 5.73. The maximum atomic E-state index is 12.6. The molecule has 7 heteroatoms. The number of imidazole rings is 1. The standard InChI is InChI=1S/C13H24N4O2S/c1-11(2)7-14-8-12-5-3-4-6-17(12)20(18,19)13-9-15-10-16-13/h9-12,14H,3-8H2,1-2H3,(H,15,16). The molecule has 114 valence electrons. The first-order valence-corrected chi connectivity index (χ1v) is 8.66. The lowest BCUT2D eigenvalue weighted by Gasteiger charge is -2.34. The summed E-state index contributed by atoms with van der Waals surface area (Å²) in [6, 6.07) is 0.0378. The van der Waals surface area contributed by atoms with E-state index in [2.05, 4.69) is 29.1 Å². The molecule has 1 atom stereocenters. The monoisotopic (exact) mass is 300 g/mol. The molecule has 0 saturated carbocycles. The molecule has 0 aromatic carbocycles. The SMILES string of the molecule is CC(C)CNCC1CCCCN1S(=O)(=O)c1cnc[nH]1. The van der Waals surface area contributed by atoms with Crippen molar-refractivity contribution >= 4 is 10.0 Å². The molecule has 2 rings (SSSR count). The second kappa shape index (κ2) is 6.69. The molecule has 0 bridgehead atoms. The summed E-state index contributed by atoms with van der Waals surface area (Å²) in [5.41, 5.74) is 0. The van der Waals surface area contributed by atoms with E-state index in [4.69, 9.17) is 0 Å². The average molecular weight is 300 g/mol. The Labute approximate surface area is 121 Å². The van der Waals surface area contributed by atoms with E-state index < -0.39 is 10.0 Å². The highest BCUT2D eigenvalue weighted by atomic mass is 32.2. The van der Waals surface area contributed by atoms with Gasteiger partial charge in [-0.15, -0.1) is 0 Å². The Morgan fingerprint density at radius 1 is 1.50 bits per heavy atom. The number of nitrogens with zero attached hydrogens (tertiary/aromatic N) is 2. The van der Waals surface area contributed by atoms with E-state index in [1.165, 1.54) is 12.5 Å². The van der Waals surface area contributed by atoms with Crippen molar-refractivity contribution in [2.24, 2.45) is 5.92 Å². The van der Waals surface area contributed by atoms with Crippen molar-refractivity contribution in [1.29, 1.82) is 0 Å². The quantitative estimate of drug-likeness (QED) is 0.827. The van der Waals surface area contributed by atoms with Gasteiger partial charge in [-0.3, -0.25) is 0 Å². The lowest BCUT2D eigenvalue weighted by Crippen LogP contribution is -2.48. The zero-order valence-corrected chi connectivity index (χ0v) is 13.0. The second-order valence-corrected chi connectivity index (χ2v) is 7.59. The topological polar surface area (TPSA) is 78.1 Å². The van der Waals surface area contributed by atoms with E-state index in [-0.39, 0.29) is 11.1 Å². The molecule has 1 unspecified atom stereocenters. The van der Waals surface area contributed by atoms with Crippen LogP contribution in [0.5, 0.6) is 0 Å². The van der Waals surface area contributed by atoms with Crippen LogP contribution in [0, 0.1) is 5.92 Å². The van der Waals surface area contributed by atoms with Gasteiger partial charge in [0.1, 0.15) is 0 Å². The van der Waals surface area contributed by atoms with E-state index in [0.29, 0.717) is 19.0 Å². The summed E-state index contributed by atoms with van der Waals surface area (Å²) in [6.45, 7) is 6.51. The summed E-state index contributed by atoms with van der Waals surface area (Å²) in [5, 5.41) is 3.56. The minimum absolute atomic E-state index is 0.0378. The van der Waals surface area contributed by atoms with Crippen molar-refractivity contribution in [3.8, 4) is 0 Å². The number of piperidine rings is 1. The van der Waals surface area contributed by atoms with Crippen LogP contribution in [-0.2, 0) is 10.0 Å². The molecule has 6 nitrogen and oxygen atoms in total. The Balaban J connectivity index is 2.07. The first-order valence-electron chi connectivity index (χ1n) is 7.22. The number of sulfonamides is 1. The van der Waals surface area contributed by atoms with Crippen molar-refractivity contribution in [2.75, 3.05) is 19.6 Å². The summed E-state index contributed by atoms with van der Waals surface area (Å²) in [7, 11) is -3.44. The van der Waals surface area contributed by atoms with E-state index in [9.17, 15) is 8.42 Å². The van der Waals surface area contributed by atoms with Gasteiger partial charge in [-0.1, -0.05) is 20.3 Å². The third-order valence-electron chi connectivity index (χ3n) is 3.57. The molecular weight excluding hydrogens is 276 g/mol. The lowest BCUT2D eigenvalue weighted by molar-refractivity contribution is 0.243. The number of H-pyrrole nitrogens is 1. The molecule has 20 heavy (non-hydrogen) atoms. The molecule has 2 N–H and O–H groups in total. The van der Waals surface area contributed by atoms with Crippen molar-refractivity contribution < 1.29 is 8.42 Å². The molecule has 0 spiro atoms. The number of hydrogen-bond acceptors (Lipinski definition) is 4. The fourth-order valence-electron chi connectivity index (χ4n) is 2.54. The summed E-state index contributed by atoms with van der Waals surface area (Å²) >= 11 is 0. The van der Waals surface area contributed by atoms with E-state index in [1.807, 2.05) is 0 Å². The number of aromatic nitrogens is 2. The van der Waals surface area contributed by atoms with Gasteiger partial charge in [0.15, 0.2) is 5.03 Å². The van der Waals surface area contributed by atoms with Crippen molar-refractivity contribution in [2.45, 2.75) is 44.2 Å². The summed E-state index contributed by atoms with van der Waals surface area (Å²) in [6.07, 6.45) is 5.71. The lowest BCUT2D eigenvalue weighted by atomic mass is 10.0. The third kappa shape index (κ3) is 3.59. The predicted octanol–water partition coefficient (Wildman–Crippen LogP) is 1.20. The minimum Gasteiger partial charge on any atom is -0.335 e. The van der Waals surface area contributed by atoms with Crippen molar-refractivity contribution in [3.63, 3.8) is 0 Å². The van der Waals surface area contributed by atoms with Crippen LogP contribution in [-0.4, -0.2) is 48.4 Å². The van der Waals surface area contributed by atoms with Gasteiger partial charge in [0.2, 0.25) is 0 Å². The van der Waals surface area contributed by atoms with Gasteiger partial charge >= 0.3 is 0 Å². The molecule has 0 amide bonds. The Kier molecular flexibility index (Phi) is 5.17. The molecule has 1 fully saturated rings. The summed E-state index contributed by atoms with van der Waals surface area (Å²) in [5.74, 6) is 0.566. The van der Waals surface area contributed by atoms with E-state index in [1.54, 1.807) is 4.31 Å². The highest BCUT2D eigenvalue weighted by molar-refractivity contribution is 7.89. The molecule has 1 aromatic rings. The van der Waals surface area contributed by atoms with Crippen LogP contribution >= 0.6 is 0 Å². The first kappa shape index (κ1) is 15.5. The maximum absolute atomic E-state index is 12.6. The Bertz CT molecular complexity index is 498. The molecule has 1 saturated heterocycles. The fourth-order valence-corrected chi connectivity index (χ4v) is 4.13. The number of rotatable bonds is 6. The van der Waals surface area contributed by atoms with Crippen LogP contribution in [0.2, 0.25) is 0 Å². The largest absolute Gasteiger partial charge is 0.335 e. The number of nitrogens with one attached hydrogen (secondary N) is 2. The van der Waals surface area contributed by atoms with Crippen LogP contribution in [0.15, 0.2) is 17.6 Å². The van der Waals surface area contributed by atoms with Crippen molar-refractivity contribution in [1.82, 2.24) is 19.6 Å². The average Bonchev–Trinajstić information content (AvgIpc) is 2.93. The van der Waals surface area contributed by atoms with Crippen molar-refractivity contribution in [3.05, 3.63) is 12.5 Å². The smallest absolute Gasteiger partial charge is 0.260 e. The molecular formula is C13H24N4O2S. The predicted molar refractivity (Wildman–Crippen MR) is 77.8 cm³/mol. The molecule has 2 heterocycles. The highest BCUT2D eigenvalue weighted by Crippen LogP contribution is 2.23. The molecule has 0 radical (unpaired) electrons. The molecule has 1 aliphatic heterocycles. The minimum atomic E-state index is -3.44. The molecule has 0 aliphatic carbocycles. The molecule has 1 aliphatic rings. The van der Waals surface area contributed by atoms with Gasteiger partial charge < -0.3 is 10.3 Å². The third-order valence-corrected chi connectivity index (χ3v) is 5.44. The highest BCUT2D eigenvalue weighted by Gasteiger charge is 2.33. The van der Waals surface area contributed by atoms with Crippen LogP contribution in [0.4, 0.5) is 0 Å². The first-order chi connectivity index (χ1) is 9.51. The normalized spacial score (nSPS) is 21.4. The van der Waals surface area contributed by atoms with Crippen LogP contribution in [0.1, 0.15) is 33.1 Å². The Hall–Kier alpha value is -0.920. The van der Waals surface area contributed by atoms with E-state index >= 15 is 0 Å². The zero-order valence-electron chi connectivity index (χ0n) is 12.2. The number of aromatic amines is 1. The van der Waals surface area contributed by atoms with Gasteiger partial charge in [-0.05, 0) is 25.3 Å². The van der Waals surface area contributed by atoms with Crippen LogP contribution in [0.25, 0.3) is 0 Å². The van der Waals surface area contributed by atoms with Crippen LogP contribution in [0.3, 0.4) is 0 Å². The van der Waals surface area contributed by atoms with Gasteiger partial charge in [0.05, 0.1) is 12.5 Å². The zero-order chi connectivity index (χ0) is 14.6. The number of hydrogen-bond donors (Lipinski definition) is 2. The molecule has 1 aromatic heterocycles. The Morgan fingerprint density at radius 2 is 2.30 bits per heavy atom. The fraction of sp³-hybridized carbons (Fsp3) is 0.769. The van der Waals surface area contributed by atoms with Gasteiger partial charge in [-0.25, -0.2) is 13.4 Å². The summed E-state index contributed by atoms with van der Waals surface area (Å²) < 4.78 is 26.8. The summed E-state index contributed by atoms with van der Waals surface area (Å²) in [4.78, 5) is 6.53. The maximum Gasteiger partial charge on any atom is 0.260 e. The Morgan fingerprint density at radius 3 is 2.95 bits per heavy atom. The van der Waals surface area contributed by atoms with E-state index in [0.717, 1.165) is 25.8 Å². The van der Waals surface area contributed by atoms with Crippen LogP contribution < -0.4 is 5.32 Å². The van der Waals surface area contributed by atoms with Gasteiger partial charge in [0, 0.05) is 19.1 Å².